The number of hydrogen-bond acceptors (Lipinski definition) is 2. The van der Waals surface area contributed by atoms with Gasteiger partial charge in [-0.15, -0.1) is 0 Å². The molecular formula is C15H18F3NO4. The number of nitrogens with zero attached hydrogens (tertiary/aromatic N) is 1. The molecule has 128 valence electrons. The molecule has 23 heavy (non-hydrogen) atoms. The molecule has 0 fully saturated rings. The lowest BCUT2D eigenvalue weighted by atomic mass is 9.95. The summed E-state index contributed by atoms with van der Waals surface area (Å²) in [7, 11) is 0. The van der Waals surface area contributed by atoms with E-state index in [0.717, 1.165) is 29.2 Å². The summed E-state index contributed by atoms with van der Waals surface area (Å²) in [5.41, 5.74) is -1.61. The molecule has 1 amide bonds. The van der Waals surface area contributed by atoms with E-state index >= 15 is 0 Å². The fourth-order valence-corrected chi connectivity index (χ4v) is 2.31. The first kappa shape index (κ1) is 18.8. The van der Waals surface area contributed by atoms with E-state index in [9.17, 15) is 27.9 Å². The van der Waals surface area contributed by atoms with Crippen molar-refractivity contribution in [1.82, 2.24) is 4.90 Å². The van der Waals surface area contributed by atoms with Gasteiger partial charge < -0.3 is 10.2 Å². The van der Waals surface area contributed by atoms with Crippen molar-refractivity contribution in [3.05, 3.63) is 35.4 Å². The Labute approximate surface area is 131 Å². The van der Waals surface area contributed by atoms with E-state index < -0.39 is 41.8 Å². The van der Waals surface area contributed by atoms with Crippen LogP contribution < -0.4 is 0 Å². The lowest BCUT2D eigenvalue weighted by Gasteiger charge is -2.39. The molecule has 2 N–H and O–H groups in total. The summed E-state index contributed by atoms with van der Waals surface area (Å²) in [5, 5.41) is 18.4. The molecule has 1 rings (SSSR count). The predicted octanol–water partition coefficient (Wildman–Crippen LogP) is 4.00. The Balaban J connectivity index is 3.31. The Morgan fingerprint density at radius 2 is 1.57 bits per heavy atom. The molecule has 0 heterocycles. The third kappa shape index (κ3) is 4.87. The second-order valence-electron chi connectivity index (χ2n) is 6.06. The normalized spacial score (nSPS) is 13.5. The van der Waals surface area contributed by atoms with E-state index in [1.54, 1.807) is 20.8 Å². The van der Waals surface area contributed by atoms with Gasteiger partial charge in [-0.3, -0.25) is 9.69 Å². The van der Waals surface area contributed by atoms with E-state index in [2.05, 4.69) is 0 Å². The lowest BCUT2D eigenvalue weighted by Crippen LogP contribution is -2.47. The van der Waals surface area contributed by atoms with Gasteiger partial charge in [-0.1, -0.05) is 12.1 Å². The molecular weight excluding hydrogens is 315 g/mol. The van der Waals surface area contributed by atoms with Crippen LogP contribution in [0, 0.1) is 0 Å². The van der Waals surface area contributed by atoms with Gasteiger partial charge >= 0.3 is 18.2 Å². The van der Waals surface area contributed by atoms with Crippen LogP contribution in [0.15, 0.2) is 24.3 Å². The first-order valence-corrected chi connectivity index (χ1v) is 6.75. The highest BCUT2D eigenvalue weighted by molar-refractivity contribution is 5.71. The van der Waals surface area contributed by atoms with Crippen molar-refractivity contribution >= 4 is 12.1 Å². The standard InChI is InChI=1S/C15H18F3NO4/c1-14(2,3)19(13(22)23)11(8-12(20)21)9-4-6-10(7-5-9)15(16,17)18/h4-7,11H,8H2,1-3H3,(H,20,21)(H,22,23)/t11-/m1/s1. The quantitative estimate of drug-likeness (QED) is 0.873. The SMILES string of the molecule is CC(C)(C)N(C(=O)O)[C@H](CC(=O)O)c1ccc(C(F)(F)F)cc1. The van der Waals surface area contributed by atoms with Gasteiger partial charge in [0.2, 0.25) is 0 Å². The molecule has 1 atom stereocenters. The Kier molecular flexibility index (Phi) is 5.29. The monoisotopic (exact) mass is 333 g/mol. The van der Waals surface area contributed by atoms with Crippen LogP contribution in [0.3, 0.4) is 0 Å². The van der Waals surface area contributed by atoms with E-state index in [0.29, 0.717) is 0 Å². The summed E-state index contributed by atoms with van der Waals surface area (Å²) in [6.07, 6.45) is -6.41. The highest BCUT2D eigenvalue weighted by Gasteiger charge is 2.36. The minimum Gasteiger partial charge on any atom is -0.481 e. The number of benzene rings is 1. The summed E-state index contributed by atoms with van der Waals surface area (Å²) >= 11 is 0. The molecule has 0 aliphatic heterocycles. The highest BCUT2D eigenvalue weighted by atomic mass is 19.4. The van der Waals surface area contributed by atoms with Crippen LogP contribution in [0.2, 0.25) is 0 Å². The van der Waals surface area contributed by atoms with Gasteiger partial charge in [0.25, 0.3) is 0 Å². The number of carbonyl (C=O) groups is 2. The summed E-state index contributed by atoms with van der Waals surface area (Å²) in [5.74, 6) is -1.25. The van der Waals surface area contributed by atoms with Gasteiger partial charge in [-0.05, 0) is 38.5 Å². The van der Waals surface area contributed by atoms with Crippen molar-refractivity contribution in [3.8, 4) is 0 Å². The van der Waals surface area contributed by atoms with Crippen molar-refractivity contribution in [2.45, 2.75) is 44.9 Å². The third-order valence-corrected chi connectivity index (χ3v) is 3.23. The second kappa shape index (κ2) is 6.47. The molecule has 0 radical (unpaired) electrons. The maximum absolute atomic E-state index is 12.6. The zero-order valence-corrected chi connectivity index (χ0v) is 12.9. The van der Waals surface area contributed by atoms with E-state index in [1.165, 1.54) is 0 Å². The number of rotatable bonds is 4. The molecule has 0 aliphatic carbocycles. The maximum Gasteiger partial charge on any atom is 0.416 e. The number of aliphatic carboxylic acids is 1. The van der Waals surface area contributed by atoms with Gasteiger partial charge in [0.15, 0.2) is 0 Å². The summed E-state index contributed by atoms with van der Waals surface area (Å²) in [4.78, 5) is 23.5. The van der Waals surface area contributed by atoms with Crippen molar-refractivity contribution in [3.63, 3.8) is 0 Å². The van der Waals surface area contributed by atoms with Gasteiger partial charge in [0.05, 0.1) is 18.0 Å². The van der Waals surface area contributed by atoms with Crippen LogP contribution in [0.1, 0.15) is 44.4 Å². The zero-order valence-electron chi connectivity index (χ0n) is 12.9. The first-order valence-electron chi connectivity index (χ1n) is 6.75. The van der Waals surface area contributed by atoms with E-state index in [1.807, 2.05) is 0 Å². The molecule has 0 saturated carbocycles. The van der Waals surface area contributed by atoms with Crippen molar-refractivity contribution in [1.29, 1.82) is 0 Å². The summed E-state index contributed by atoms with van der Waals surface area (Å²) in [6.45, 7) is 4.75. The number of carboxylic acid groups (broad SMARTS) is 2. The molecule has 5 nitrogen and oxygen atoms in total. The molecule has 0 aromatic heterocycles. The van der Waals surface area contributed by atoms with Crippen LogP contribution in [0.5, 0.6) is 0 Å². The molecule has 1 aromatic carbocycles. The van der Waals surface area contributed by atoms with Gasteiger partial charge in [-0.2, -0.15) is 13.2 Å². The minimum atomic E-state index is -4.52. The Morgan fingerprint density at radius 1 is 1.09 bits per heavy atom. The highest BCUT2D eigenvalue weighted by Crippen LogP contribution is 2.34. The third-order valence-electron chi connectivity index (χ3n) is 3.23. The molecule has 1 aromatic rings. The summed E-state index contributed by atoms with van der Waals surface area (Å²) in [6, 6.07) is 2.75. The first-order chi connectivity index (χ1) is 10.3. The molecule has 0 unspecified atom stereocenters. The fourth-order valence-electron chi connectivity index (χ4n) is 2.31. The van der Waals surface area contributed by atoms with E-state index in [-0.39, 0.29) is 5.56 Å². The smallest absolute Gasteiger partial charge is 0.416 e. The molecule has 0 aliphatic rings. The minimum absolute atomic E-state index is 0.192. The van der Waals surface area contributed by atoms with Crippen LogP contribution in [-0.2, 0) is 11.0 Å². The number of amides is 1. The number of carboxylic acids is 1. The second-order valence-corrected chi connectivity index (χ2v) is 6.06. The van der Waals surface area contributed by atoms with Crippen LogP contribution in [0.25, 0.3) is 0 Å². The lowest BCUT2D eigenvalue weighted by molar-refractivity contribution is -0.139. The van der Waals surface area contributed by atoms with Crippen LogP contribution >= 0.6 is 0 Å². The fraction of sp³-hybridized carbons (Fsp3) is 0.467. The molecule has 8 heteroatoms. The van der Waals surface area contributed by atoms with Gasteiger partial charge in [-0.25, -0.2) is 4.79 Å². The van der Waals surface area contributed by atoms with E-state index in [4.69, 9.17) is 5.11 Å². The van der Waals surface area contributed by atoms with Crippen molar-refractivity contribution in [2.75, 3.05) is 0 Å². The van der Waals surface area contributed by atoms with Crippen molar-refractivity contribution < 1.29 is 33.0 Å². The summed E-state index contributed by atoms with van der Waals surface area (Å²) < 4.78 is 37.8. The van der Waals surface area contributed by atoms with Gasteiger partial charge in [0.1, 0.15) is 0 Å². The molecule has 0 spiro atoms. The molecule has 0 saturated heterocycles. The zero-order chi connectivity index (χ0) is 18.0. The average molecular weight is 333 g/mol. The molecule has 0 bridgehead atoms. The number of alkyl halides is 3. The number of halogens is 3. The topological polar surface area (TPSA) is 77.8 Å². The van der Waals surface area contributed by atoms with Gasteiger partial charge in [0, 0.05) is 5.54 Å². The average Bonchev–Trinajstić information content (AvgIpc) is 2.34. The van der Waals surface area contributed by atoms with Crippen molar-refractivity contribution in [2.24, 2.45) is 0 Å². The van der Waals surface area contributed by atoms with Crippen LogP contribution in [-0.4, -0.2) is 32.7 Å². The predicted molar refractivity (Wildman–Crippen MR) is 76.1 cm³/mol. The Hall–Kier alpha value is -2.25. The largest absolute Gasteiger partial charge is 0.481 e. The Morgan fingerprint density at radius 3 is 1.87 bits per heavy atom. The Bertz CT molecular complexity index is 576. The number of hydrogen-bond donors (Lipinski definition) is 2. The maximum atomic E-state index is 12.6. The van der Waals surface area contributed by atoms with Crippen LogP contribution in [0.4, 0.5) is 18.0 Å².